The van der Waals surface area contributed by atoms with Crippen molar-refractivity contribution in [1.29, 1.82) is 5.26 Å². The molecule has 1 aromatic rings. The van der Waals surface area contributed by atoms with E-state index in [1.165, 1.54) is 0 Å². The van der Waals surface area contributed by atoms with Crippen LogP contribution in [-0.2, 0) is 17.1 Å². The molecule has 0 aromatic heterocycles. The van der Waals surface area contributed by atoms with Crippen molar-refractivity contribution in [2.45, 2.75) is 12.3 Å². The number of carboxylic acid groups (broad SMARTS) is 1. The molecule has 3 nitrogen and oxygen atoms in total. The van der Waals surface area contributed by atoms with Crippen LogP contribution in [0.4, 0.5) is 0 Å². The predicted octanol–water partition coefficient (Wildman–Crippen LogP) is 2.69. The van der Waals surface area contributed by atoms with Crippen LogP contribution in [0.25, 0.3) is 0 Å². The molecule has 0 aliphatic rings. The van der Waals surface area contributed by atoms with E-state index in [1.54, 1.807) is 12.1 Å². The van der Waals surface area contributed by atoms with E-state index in [1.807, 2.05) is 6.07 Å². The first kappa shape index (κ1) is 12.0. The predicted molar refractivity (Wildman–Crippen MR) is 59.8 cm³/mol. The number of benzene rings is 1. The van der Waals surface area contributed by atoms with Gasteiger partial charge in [0.1, 0.15) is 0 Å². The largest absolute Gasteiger partial charge is 0.481 e. The fourth-order valence-electron chi connectivity index (χ4n) is 1.27. The minimum Gasteiger partial charge on any atom is -0.481 e. The third-order valence-corrected chi connectivity index (χ3v) is 2.97. The molecule has 0 aliphatic carbocycles. The second-order valence-corrected chi connectivity index (χ2v) is 3.99. The number of aliphatic carboxylic acids is 1. The first-order valence-corrected chi connectivity index (χ1v) is 5.41. The Hall–Kier alpha value is -1.05. The van der Waals surface area contributed by atoms with Gasteiger partial charge in [-0.25, -0.2) is 0 Å². The van der Waals surface area contributed by atoms with Crippen molar-refractivity contribution >= 4 is 33.5 Å². The second kappa shape index (κ2) is 5.15. The topological polar surface area (TPSA) is 61.1 Å². The molecule has 0 bridgehead atoms. The molecule has 0 fully saturated rings. The number of carbonyl (C=O) groups is 1. The van der Waals surface area contributed by atoms with Gasteiger partial charge in [0.15, 0.2) is 0 Å². The fraction of sp³-hybridized carbons (Fsp3) is 0.200. The number of hydrogen-bond donors (Lipinski definition) is 1. The lowest BCUT2D eigenvalue weighted by atomic mass is 10.00. The van der Waals surface area contributed by atoms with Crippen LogP contribution in [0.2, 0.25) is 0 Å². The van der Waals surface area contributed by atoms with Crippen LogP contribution < -0.4 is 0 Å². The number of nitriles is 1. The van der Waals surface area contributed by atoms with Crippen molar-refractivity contribution in [3.8, 4) is 6.07 Å². The van der Waals surface area contributed by atoms with E-state index in [0.29, 0.717) is 16.7 Å². The fourth-order valence-corrected chi connectivity index (χ4v) is 2.25. The summed E-state index contributed by atoms with van der Waals surface area (Å²) in [5.74, 6) is -0.797. The van der Waals surface area contributed by atoms with Crippen LogP contribution in [-0.4, -0.2) is 11.1 Å². The minimum absolute atomic E-state index is 0.179. The summed E-state index contributed by atoms with van der Waals surface area (Å²) in [6.45, 7) is 0. The Bertz CT molecular complexity index is 440. The number of rotatable bonds is 3. The van der Waals surface area contributed by atoms with Gasteiger partial charge in [-0.2, -0.15) is 5.26 Å². The van der Waals surface area contributed by atoms with Gasteiger partial charge < -0.3 is 5.11 Å². The van der Waals surface area contributed by atoms with E-state index in [-0.39, 0.29) is 12.3 Å². The molecule has 1 aromatic carbocycles. The number of halogens is 2. The molecule has 1 N–H and O–H groups in total. The summed E-state index contributed by atoms with van der Waals surface area (Å²) in [6, 6.07) is 5.24. The van der Waals surface area contributed by atoms with E-state index >= 15 is 0 Å². The third kappa shape index (κ3) is 2.71. The molecule has 0 saturated carbocycles. The molecule has 0 atom stereocenters. The molecular weight excluding hydrogens is 281 g/mol. The average molecular weight is 289 g/mol. The van der Waals surface area contributed by atoms with Crippen molar-refractivity contribution < 1.29 is 9.90 Å². The Morgan fingerprint density at radius 2 is 2.20 bits per heavy atom. The summed E-state index contributed by atoms with van der Waals surface area (Å²) in [7, 11) is 0. The smallest absolute Gasteiger partial charge is 0.307 e. The third-order valence-electron chi connectivity index (χ3n) is 1.96. The van der Waals surface area contributed by atoms with Gasteiger partial charge in [0.2, 0.25) is 0 Å². The summed E-state index contributed by atoms with van der Waals surface area (Å²) < 4.78 is 0.729. The number of alkyl halides is 1. The lowest BCUT2D eigenvalue weighted by Crippen LogP contribution is -2.06. The van der Waals surface area contributed by atoms with Gasteiger partial charge in [0.05, 0.1) is 18.1 Å². The summed E-state index contributed by atoms with van der Waals surface area (Å²) in [5, 5.41) is 17.6. The summed E-state index contributed by atoms with van der Waals surface area (Å²) in [5.41, 5.74) is 1.50. The Morgan fingerprint density at radius 1 is 1.53 bits per heavy atom. The van der Waals surface area contributed by atoms with Crippen molar-refractivity contribution in [2.75, 3.05) is 0 Å². The molecule has 0 amide bonds. The number of nitrogens with zero attached hydrogens (tertiary/aromatic N) is 1. The zero-order valence-corrected chi connectivity index (χ0v) is 9.97. The highest BCUT2D eigenvalue weighted by molar-refractivity contribution is 9.10. The first-order chi connectivity index (χ1) is 7.10. The normalized spacial score (nSPS) is 9.67. The van der Waals surface area contributed by atoms with Gasteiger partial charge in [-0.15, -0.1) is 11.6 Å². The lowest BCUT2D eigenvalue weighted by Gasteiger charge is -2.09. The van der Waals surface area contributed by atoms with E-state index in [9.17, 15) is 4.79 Å². The highest BCUT2D eigenvalue weighted by atomic mass is 79.9. The van der Waals surface area contributed by atoms with E-state index in [2.05, 4.69) is 15.9 Å². The maximum Gasteiger partial charge on any atom is 0.307 e. The standard InChI is InChI=1S/C10H7BrClNO2/c11-9-2-1-6(5-13)7(3-10(14)15)8(9)4-12/h1-2H,3-4H2,(H,14,15). The second-order valence-electron chi connectivity index (χ2n) is 2.87. The molecule has 0 spiro atoms. The Kier molecular flexibility index (Phi) is 4.13. The summed E-state index contributed by atoms with van der Waals surface area (Å²) >= 11 is 8.99. The summed E-state index contributed by atoms with van der Waals surface area (Å²) in [4.78, 5) is 10.6. The lowest BCUT2D eigenvalue weighted by molar-refractivity contribution is -0.136. The zero-order valence-electron chi connectivity index (χ0n) is 7.63. The Morgan fingerprint density at radius 3 is 2.67 bits per heavy atom. The number of hydrogen-bond acceptors (Lipinski definition) is 2. The highest BCUT2D eigenvalue weighted by Gasteiger charge is 2.14. The molecule has 15 heavy (non-hydrogen) atoms. The molecular formula is C10H7BrClNO2. The van der Waals surface area contributed by atoms with E-state index in [4.69, 9.17) is 22.0 Å². The van der Waals surface area contributed by atoms with Gasteiger partial charge in [-0.3, -0.25) is 4.79 Å². The zero-order chi connectivity index (χ0) is 11.4. The van der Waals surface area contributed by atoms with Gasteiger partial charge in [-0.1, -0.05) is 15.9 Å². The molecule has 0 heterocycles. The van der Waals surface area contributed by atoms with Crippen LogP contribution in [0, 0.1) is 11.3 Å². The van der Waals surface area contributed by atoms with Gasteiger partial charge >= 0.3 is 5.97 Å². The minimum atomic E-state index is -0.976. The van der Waals surface area contributed by atoms with E-state index in [0.717, 1.165) is 4.47 Å². The first-order valence-electron chi connectivity index (χ1n) is 4.08. The molecule has 1 rings (SSSR count). The quantitative estimate of drug-likeness (QED) is 0.870. The highest BCUT2D eigenvalue weighted by Crippen LogP contribution is 2.26. The van der Waals surface area contributed by atoms with Crippen molar-refractivity contribution in [3.63, 3.8) is 0 Å². The maximum atomic E-state index is 10.6. The number of carboxylic acids is 1. The molecule has 0 saturated heterocycles. The Labute approximate surface area is 100 Å². The maximum absolute atomic E-state index is 10.6. The van der Waals surface area contributed by atoms with E-state index < -0.39 is 5.97 Å². The van der Waals surface area contributed by atoms with Crippen LogP contribution in [0.3, 0.4) is 0 Å². The monoisotopic (exact) mass is 287 g/mol. The summed E-state index contributed by atoms with van der Waals surface area (Å²) in [6.07, 6.45) is -0.190. The van der Waals surface area contributed by atoms with Crippen molar-refractivity contribution in [2.24, 2.45) is 0 Å². The van der Waals surface area contributed by atoms with Crippen LogP contribution in [0.5, 0.6) is 0 Å². The van der Waals surface area contributed by atoms with Crippen molar-refractivity contribution in [1.82, 2.24) is 0 Å². The molecule has 78 valence electrons. The van der Waals surface area contributed by atoms with Crippen LogP contribution in [0.15, 0.2) is 16.6 Å². The van der Waals surface area contributed by atoms with Gasteiger partial charge in [0, 0.05) is 10.4 Å². The molecule has 0 unspecified atom stereocenters. The van der Waals surface area contributed by atoms with Gasteiger partial charge in [-0.05, 0) is 23.3 Å². The van der Waals surface area contributed by atoms with Gasteiger partial charge in [0.25, 0.3) is 0 Å². The molecule has 0 aliphatic heterocycles. The van der Waals surface area contributed by atoms with Crippen LogP contribution >= 0.6 is 27.5 Å². The average Bonchev–Trinajstić information content (AvgIpc) is 2.18. The molecule has 0 radical (unpaired) electrons. The SMILES string of the molecule is N#Cc1ccc(Br)c(CCl)c1CC(=O)O. The van der Waals surface area contributed by atoms with Crippen molar-refractivity contribution in [3.05, 3.63) is 33.3 Å². The Balaban J connectivity index is 3.35. The molecule has 5 heteroatoms. The van der Waals surface area contributed by atoms with Crippen LogP contribution in [0.1, 0.15) is 16.7 Å².